The average Bonchev–Trinajstić information content (AvgIpc) is 3.61. The van der Waals surface area contributed by atoms with E-state index in [1.165, 1.54) is 46.6 Å². The second-order valence-electron chi connectivity index (χ2n) is 12.6. The highest BCUT2D eigenvalue weighted by molar-refractivity contribution is 8.00. The number of anilines is 1. The number of thiazole rings is 1. The Morgan fingerprint density at radius 3 is 2.49 bits per heavy atom. The molecule has 1 aromatic heterocycles. The van der Waals surface area contributed by atoms with E-state index in [0.29, 0.717) is 17.1 Å². The van der Waals surface area contributed by atoms with Crippen molar-refractivity contribution in [3.8, 4) is 0 Å². The van der Waals surface area contributed by atoms with Crippen LogP contribution in [0.3, 0.4) is 0 Å². The Kier molecular flexibility index (Phi) is 6.05. The summed E-state index contributed by atoms with van der Waals surface area (Å²) in [4.78, 5) is 27.8. The summed E-state index contributed by atoms with van der Waals surface area (Å²) in [6.07, 6.45) is 3.91. The Morgan fingerprint density at radius 1 is 0.974 bits per heavy atom. The maximum Gasteiger partial charge on any atom is 0.308 e. The SMILES string of the molecule is CC(C)(C)c1ccc([C@@H]2c3sc(=O)n(CC(=O)Nc4ccc5ccccc5c4)c3SC3C4CCC(C4)C32)cc1. The topological polar surface area (TPSA) is 51.1 Å². The minimum Gasteiger partial charge on any atom is -0.325 e. The van der Waals surface area contributed by atoms with Gasteiger partial charge < -0.3 is 5.32 Å². The van der Waals surface area contributed by atoms with E-state index in [-0.39, 0.29) is 28.7 Å². The number of aromatic nitrogens is 1. The summed E-state index contributed by atoms with van der Waals surface area (Å²) in [7, 11) is 0. The Bertz CT molecular complexity index is 1630. The number of carbonyl (C=O) groups is 1. The molecular formula is C33H34N2O2S2. The molecule has 3 aromatic carbocycles. The van der Waals surface area contributed by atoms with Crippen molar-refractivity contribution >= 4 is 45.5 Å². The number of benzene rings is 3. The van der Waals surface area contributed by atoms with Crippen LogP contribution in [0.2, 0.25) is 0 Å². The molecule has 2 fully saturated rings. The molecule has 1 N–H and O–H groups in total. The molecule has 1 amide bonds. The normalized spacial score (nSPS) is 25.5. The van der Waals surface area contributed by atoms with Crippen LogP contribution in [-0.2, 0) is 16.8 Å². The highest BCUT2D eigenvalue weighted by Gasteiger charge is 2.55. The summed E-state index contributed by atoms with van der Waals surface area (Å²) >= 11 is 3.25. The van der Waals surface area contributed by atoms with Crippen LogP contribution in [-0.4, -0.2) is 15.7 Å². The molecule has 7 rings (SSSR count). The lowest BCUT2D eigenvalue weighted by Gasteiger charge is -2.40. The maximum absolute atomic E-state index is 13.4. The molecule has 4 aromatic rings. The van der Waals surface area contributed by atoms with Gasteiger partial charge in [-0.15, -0.1) is 11.8 Å². The lowest BCUT2D eigenvalue weighted by atomic mass is 9.74. The fraction of sp³-hybridized carbons (Fsp3) is 0.394. The number of hydrogen-bond acceptors (Lipinski definition) is 4. The molecule has 1 aliphatic heterocycles. The first kappa shape index (κ1) is 25.2. The number of amides is 1. The van der Waals surface area contributed by atoms with Crippen LogP contribution in [0.25, 0.3) is 10.8 Å². The van der Waals surface area contributed by atoms with Crippen LogP contribution in [0.4, 0.5) is 5.69 Å². The van der Waals surface area contributed by atoms with Crippen LogP contribution in [0.5, 0.6) is 0 Å². The quantitative estimate of drug-likeness (QED) is 0.282. The molecular weight excluding hydrogens is 521 g/mol. The molecule has 0 saturated heterocycles. The largest absolute Gasteiger partial charge is 0.325 e. The van der Waals surface area contributed by atoms with Gasteiger partial charge in [0, 0.05) is 21.7 Å². The van der Waals surface area contributed by atoms with Gasteiger partial charge in [0.05, 0.1) is 5.03 Å². The maximum atomic E-state index is 13.4. The Labute approximate surface area is 237 Å². The molecule has 2 bridgehead atoms. The van der Waals surface area contributed by atoms with Crippen molar-refractivity contribution in [3.63, 3.8) is 0 Å². The van der Waals surface area contributed by atoms with Crippen molar-refractivity contribution in [2.45, 2.75) is 68.2 Å². The molecule has 200 valence electrons. The molecule has 3 aliphatic rings. The number of nitrogens with one attached hydrogen (secondary N) is 1. The van der Waals surface area contributed by atoms with Crippen molar-refractivity contribution in [1.29, 1.82) is 0 Å². The molecule has 4 nitrogen and oxygen atoms in total. The van der Waals surface area contributed by atoms with E-state index in [4.69, 9.17) is 0 Å². The fourth-order valence-corrected chi connectivity index (χ4v) is 10.4. The van der Waals surface area contributed by atoms with Crippen LogP contribution in [0.1, 0.15) is 62.0 Å². The van der Waals surface area contributed by atoms with Crippen LogP contribution in [0.15, 0.2) is 76.6 Å². The Morgan fingerprint density at radius 2 is 1.72 bits per heavy atom. The van der Waals surface area contributed by atoms with Crippen LogP contribution >= 0.6 is 23.1 Å². The third-order valence-corrected chi connectivity index (χ3v) is 12.0. The standard InChI is InChI=1S/C33H34N2O2S2/c1-33(2,3)24-13-10-20(11-14-24)27-28-22-8-9-23(16-22)29(28)38-31-30(27)39-32(37)35(31)18-26(36)34-25-15-12-19-6-4-5-7-21(19)17-25/h4-7,10-15,17,22-23,27-29H,8-9,16,18H2,1-3H3,(H,34,36)/t22?,23?,27-,28?,29?/m0/s1. The molecule has 2 heterocycles. The Hall–Kier alpha value is -2.83. The number of nitrogens with zero attached hydrogens (tertiary/aromatic N) is 1. The third-order valence-electron chi connectivity index (χ3n) is 9.16. The van der Waals surface area contributed by atoms with Crippen molar-refractivity contribution in [2.24, 2.45) is 17.8 Å². The van der Waals surface area contributed by atoms with Gasteiger partial charge in [-0.2, -0.15) is 0 Å². The highest BCUT2D eigenvalue weighted by atomic mass is 32.2. The summed E-state index contributed by atoms with van der Waals surface area (Å²) in [5.41, 5.74) is 3.51. The lowest BCUT2D eigenvalue weighted by molar-refractivity contribution is -0.116. The molecule has 5 atom stereocenters. The predicted molar refractivity (Wildman–Crippen MR) is 162 cm³/mol. The highest BCUT2D eigenvalue weighted by Crippen LogP contribution is 2.64. The minimum absolute atomic E-state index is 0.0233. The van der Waals surface area contributed by atoms with Gasteiger partial charge in [-0.1, -0.05) is 86.7 Å². The van der Waals surface area contributed by atoms with E-state index in [2.05, 4.69) is 56.4 Å². The van der Waals surface area contributed by atoms with Gasteiger partial charge in [0.2, 0.25) is 5.91 Å². The molecule has 4 unspecified atom stereocenters. The fourth-order valence-electron chi connectivity index (χ4n) is 7.26. The number of rotatable bonds is 4. The van der Waals surface area contributed by atoms with Gasteiger partial charge in [-0.3, -0.25) is 14.2 Å². The summed E-state index contributed by atoms with van der Waals surface area (Å²) in [6.45, 7) is 6.79. The van der Waals surface area contributed by atoms with E-state index in [1.54, 1.807) is 4.57 Å². The average molecular weight is 555 g/mol. The second kappa shape index (κ2) is 9.38. The summed E-state index contributed by atoms with van der Waals surface area (Å²) in [6, 6.07) is 23.2. The van der Waals surface area contributed by atoms with Gasteiger partial charge in [0.1, 0.15) is 6.54 Å². The van der Waals surface area contributed by atoms with Gasteiger partial charge in [-0.05, 0) is 76.5 Å². The molecule has 0 spiro atoms. The van der Waals surface area contributed by atoms with Crippen LogP contribution in [0, 0.1) is 17.8 Å². The first-order valence-electron chi connectivity index (χ1n) is 14.1. The predicted octanol–water partition coefficient (Wildman–Crippen LogP) is 7.65. The number of carbonyl (C=O) groups excluding carboxylic acids is 1. The zero-order valence-electron chi connectivity index (χ0n) is 22.6. The number of hydrogen-bond donors (Lipinski definition) is 1. The van der Waals surface area contributed by atoms with Crippen molar-refractivity contribution in [3.05, 3.63) is 92.4 Å². The summed E-state index contributed by atoms with van der Waals surface area (Å²) < 4.78 is 1.75. The van der Waals surface area contributed by atoms with Crippen LogP contribution < -0.4 is 10.2 Å². The first-order chi connectivity index (χ1) is 18.8. The second-order valence-corrected chi connectivity index (χ2v) is 14.7. The van der Waals surface area contributed by atoms with Crippen molar-refractivity contribution in [2.75, 3.05) is 5.32 Å². The zero-order chi connectivity index (χ0) is 26.9. The smallest absolute Gasteiger partial charge is 0.308 e. The lowest BCUT2D eigenvalue weighted by Crippen LogP contribution is -2.35. The van der Waals surface area contributed by atoms with Gasteiger partial charge in [-0.25, -0.2) is 0 Å². The summed E-state index contributed by atoms with van der Waals surface area (Å²) in [5, 5.41) is 6.80. The zero-order valence-corrected chi connectivity index (χ0v) is 24.3. The van der Waals surface area contributed by atoms with E-state index >= 15 is 0 Å². The van der Waals surface area contributed by atoms with E-state index in [9.17, 15) is 9.59 Å². The van der Waals surface area contributed by atoms with E-state index < -0.39 is 0 Å². The van der Waals surface area contributed by atoms with Gasteiger partial charge >= 0.3 is 4.87 Å². The third kappa shape index (κ3) is 4.36. The van der Waals surface area contributed by atoms with Crippen molar-refractivity contribution in [1.82, 2.24) is 4.57 Å². The number of fused-ring (bicyclic) bond motifs is 7. The first-order valence-corrected chi connectivity index (χ1v) is 15.7. The molecule has 0 radical (unpaired) electrons. The van der Waals surface area contributed by atoms with E-state index in [0.717, 1.165) is 27.4 Å². The van der Waals surface area contributed by atoms with Crippen molar-refractivity contribution < 1.29 is 4.79 Å². The summed E-state index contributed by atoms with van der Waals surface area (Å²) in [5.74, 6) is 2.09. The molecule has 2 saturated carbocycles. The number of thioether (sulfide) groups is 1. The van der Waals surface area contributed by atoms with Gasteiger partial charge in [0.15, 0.2) is 0 Å². The molecule has 2 aliphatic carbocycles. The minimum atomic E-state index is -0.158. The van der Waals surface area contributed by atoms with E-state index in [1.807, 2.05) is 48.2 Å². The molecule has 39 heavy (non-hydrogen) atoms. The van der Waals surface area contributed by atoms with Gasteiger partial charge in [0.25, 0.3) is 0 Å². The monoisotopic (exact) mass is 554 g/mol. The Balaban J connectivity index is 1.22. The molecule has 6 heteroatoms.